The van der Waals surface area contributed by atoms with Crippen LogP contribution in [0.15, 0.2) is 30.3 Å². The lowest BCUT2D eigenvalue weighted by Crippen LogP contribution is -2.52. The molecule has 1 aliphatic carbocycles. The monoisotopic (exact) mass is 316 g/mol. The zero-order valence-corrected chi connectivity index (χ0v) is 14.3. The van der Waals surface area contributed by atoms with Gasteiger partial charge in [0.25, 0.3) is 0 Å². The first-order valence-corrected chi connectivity index (χ1v) is 9.35. The molecule has 1 N–H and O–H groups in total. The first kappa shape index (κ1) is 15.8. The maximum Gasteiger partial charge on any atom is 0.169 e. The molecule has 0 bridgehead atoms. The molecule has 120 valence electrons. The molecule has 1 aliphatic heterocycles. The lowest BCUT2D eigenvalue weighted by atomic mass is 9.95. The fraction of sp³-hybridized carbons (Fsp3) is 0.632. The third-order valence-electron chi connectivity index (χ3n) is 5.13. The summed E-state index contributed by atoms with van der Waals surface area (Å²) in [7, 11) is 0. The van der Waals surface area contributed by atoms with E-state index in [1.54, 1.807) is 0 Å². The van der Waals surface area contributed by atoms with Crippen molar-refractivity contribution in [1.82, 2.24) is 10.2 Å². The van der Waals surface area contributed by atoms with E-state index >= 15 is 0 Å². The molecule has 1 aromatic carbocycles. The van der Waals surface area contributed by atoms with Gasteiger partial charge in [-0.1, -0.05) is 49.6 Å². The van der Waals surface area contributed by atoms with Crippen LogP contribution >= 0.6 is 12.2 Å². The molecule has 0 amide bonds. The molecule has 1 atom stereocenters. The molecule has 1 heterocycles. The van der Waals surface area contributed by atoms with Gasteiger partial charge in [0.2, 0.25) is 0 Å². The Kier molecular flexibility index (Phi) is 5.71. The third-order valence-corrected chi connectivity index (χ3v) is 5.49. The second-order valence-electron chi connectivity index (χ2n) is 6.82. The molecule has 1 saturated carbocycles. The van der Waals surface area contributed by atoms with Crippen LogP contribution in [-0.4, -0.2) is 28.6 Å². The molecule has 22 heavy (non-hydrogen) atoms. The van der Waals surface area contributed by atoms with Crippen LogP contribution in [-0.2, 0) is 6.42 Å². The number of piperidine rings is 1. The number of rotatable bonds is 3. The summed E-state index contributed by atoms with van der Waals surface area (Å²) in [4.78, 5) is 2.47. The fourth-order valence-electron chi connectivity index (χ4n) is 3.87. The van der Waals surface area contributed by atoms with Gasteiger partial charge in [0.1, 0.15) is 0 Å². The highest BCUT2D eigenvalue weighted by Crippen LogP contribution is 2.22. The van der Waals surface area contributed by atoms with Crippen molar-refractivity contribution < 1.29 is 0 Å². The minimum atomic E-state index is 0.569. The van der Waals surface area contributed by atoms with E-state index in [-0.39, 0.29) is 0 Å². The van der Waals surface area contributed by atoms with Gasteiger partial charge in [0, 0.05) is 18.6 Å². The Hall–Kier alpha value is -1.09. The van der Waals surface area contributed by atoms with E-state index in [1.165, 1.54) is 56.9 Å². The van der Waals surface area contributed by atoms with E-state index in [1.807, 2.05) is 0 Å². The number of hydrogen-bond donors (Lipinski definition) is 1. The van der Waals surface area contributed by atoms with E-state index in [0.717, 1.165) is 18.1 Å². The van der Waals surface area contributed by atoms with Crippen LogP contribution < -0.4 is 5.32 Å². The van der Waals surface area contributed by atoms with Gasteiger partial charge in [-0.25, -0.2) is 0 Å². The van der Waals surface area contributed by atoms with Crippen molar-refractivity contribution in [3.05, 3.63) is 35.9 Å². The van der Waals surface area contributed by atoms with Crippen molar-refractivity contribution in [2.75, 3.05) is 6.54 Å². The second kappa shape index (κ2) is 7.96. The predicted octanol–water partition coefficient (Wildman–Crippen LogP) is 4.29. The quantitative estimate of drug-likeness (QED) is 0.837. The second-order valence-corrected chi connectivity index (χ2v) is 7.20. The predicted molar refractivity (Wildman–Crippen MR) is 97.1 cm³/mol. The van der Waals surface area contributed by atoms with Crippen molar-refractivity contribution in [3.8, 4) is 0 Å². The molecular formula is C19H28N2S. The van der Waals surface area contributed by atoms with Crippen molar-refractivity contribution in [1.29, 1.82) is 0 Å². The zero-order chi connectivity index (χ0) is 15.2. The minimum absolute atomic E-state index is 0.569. The largest absolute Gasteiger partial charge is 0.360 e. The maximum absolute atomic E-state index is 5.76. The third kappa shape index (κ3) is 4.22. The number of hydrogen-bond acceptors (Lipinski definition) is 1. The smallest absolute Gasteiger partial charge is 0.169 e. The first-order valence-electron chi connectivity index (χ1n) is 8.94. The van der Waals surface area contributed by atoms with Gasteiger partial charge in [0.05, 0.1) is 0 Å². The van der Waals surface area contributed by atoms with E-state index in [0.29, 0.717) is 12.1 Å². The maximum atomic E-state index is 5.76. The summed E-state index contributed by atoms with van der Waals surface area (Å²) in [6.07, 6.45) is 11.7. The SMILES string of the molecule is S=C(NC1CCCCC1)N1CCCCC1Cc1ccccc1. The Morgan fingerprint density at radius 3 is 2.50 bits per heavy atom. The van der Waals surface area contributed by atoms with Crippen LogP contribution in [0.25, 0.3) is 0 Å². The normalized spacial score (nSPS) is 23.3. The molecule has 3 rings (SSSR count). The number of likely N-dealkylation sites (tertiary alicyclic amines) is 1. The average molecular weight is 317 g/mol. The van der Waals surface area contributed by atoms with Gasteiger partial charge in [0.15, 0.2) is 5.11 Å². The molecule has 1 saturated heterocycles. The Morgan fingerprint density at radius 2 is 1.73 bits per heavy atom. The first-order chi connectivity index (χ1) is 10.8. The standard InChI is InChI=1S/C19H28N2S/c22-19(20-17-11-5-2-6-12-17)21-14-8-7-13-18(21)15-16-9-3-1-4-10-16/h1,3-4,9-10,17-18H,2,5-8,11-15H2,(H,20,22). The van der Waals surface area contributed by atoms with Gasteiger partial charge in [-0.3, -0.25) is 0 Å². The number of thiocarbonyl (C=S) groups is 1. The molecule has 0 radical (unpaired) electrons. The summed E-state index contributed by atoms with van der Waals surface area (Å²) in [6.45, 7) is 1.12. The van der Waals surface area contributed by atoms with E-state index < -0.39 is 0 Å². The summed E-state index contributed by atoms with van der Waals surface area (Å²) in [5.74, 6) is 0. The van der Waals surface area contributed by atoms with Gasteiger partial charge in [-0.15, -0.1) is 0 Å². The number of nitrogens with zero attached hydrogens (tertiary/aromatic N) is 1. The van der Waals surface area contributed by atoms with E-state index in [2.05, 4.69) is 40.5 Å². The molecule has 1 unspecified atom stereocenters. The fourth-order valence-corrected chi connectivity index (χ4v) is 4.28. The van der Waals surface area contributed by atoms with Gasteiger partial charge < -0.3 is 10.2 Å². The van der Waals surface area contributed by atoms with Crippen LogP contribution in [0.1, 0.15) is 56.9 Å². The van der Waals surface area contributed by atoms with Crippen molar-refractivity contribution in [3.63, 3.8) is 0 Å². The Bertz CT molecular complexity index is 468. The van der Waals surface area contributed by atoms with Gasteiger partial charge in [-0.05, 0) is 56.3 Å². The van der Waals surface area contributed by atoms with E-state index in [4.69, 9.17) is 12.2 Å². The van der Waals surface area contributed by atoms with Gasteiger partial charge in [-0.2, -0.15) is 0 Å². The lowest BCUT2D eigenvalue weighted by molar-refractivity contribution is 0.233. The van der Waals surface area contributed by atoms with Crippen LogP contribution in [0, 0.1) is 0 Å². The zero-order valence-electron chi connectivity index (χ0n) is 13.5. The molecule has 3 heteroatoms. The number of benzene rings is 1. The molecule has 1 aromatic rings. The van der Waals surface area contributed by atoms with Crippen LogP contribution in [0.5, 0.6) is 0 Å². The Morgan fingerprint density at radius 1 is 1.00 bits per heavy atom. The topological polar surface area (TPSA) is 15.3 Å². The minimum Gasteiger partial charge on any atom is -0.360 e. The van der Waals surface area contributed by atoms with Crippen molar-refractivity contribution in [2.24, 2.45) is 0 Å². The summed E-state index contributed by atoms with van der Waals surface area (Å²) >= 11 is 5.76. The van der Waals surface area contributed by atoms with Crippen molar-refractivity contribution in [2.45, 2.75) is 69.9 Å². The summed E-state index contributed by atoms with van der Waals surface area (Å²) in [5.41, 5.74) is 1.43. The average Bonchev–Trinajstić information content (AvgIpc) is 2.57. The highest BCUT2D eigenvalue weighted by atomic mass is 32.1. The van der Waals surface area contributed by atoms with Crippen LogP contribution in [0.3, 0.4) is 0 Å². The lowest BCUT2D eigenvalue weighted by Gasteiger charge is -2.39. The molecule has 0 aromatic heterocycles. The molecule has 2 aliphatic rings. The van der Waals surface area contributed by atoms with E-state index in [9.17, 15) is 0 Å². The Balaban J connectivity index is 1.60. The van der Waals surface area contributed by atoms with Crippen LogP contribution in [0.2, 0.25) is 0 Å². The molecule has 0 spiro atoms. The highest BCUT2D eigenvalue weighted by molar-refractivity contribution is 7.80. The van der Waals surface area contributed by atoms with Crippen LogP contribution in [0.4, 0.5) is 0 Å². The summed E-state index contributed by atoms with van der Waals surface area (Å²) in [5, 5.41) is 4.67. The Labute approximate surface area is 140 Å². The van der Waals surface area contributed by atoms with Crippen molar-refractivity contribution >= 4 is 17.3 Å². The molecule has 2 fully saturated rings. The molecular weight excluding hydrogens is 288 g/mol. The summed E-state index contributed by atoms with van der Waals surface area (Å²) < 4.78 is 0. The molecule has 2 nitrogen and oxygen atoms in total. The van der Waals surface area contributed by atoms with Gasteiger partial charge >= 0.3 is 0 Å². The highest BCUT2D eigenvalue weighted by Gasteiger charge is 2.26. The number of nitrogens with one attached hydrogen (secondary N) is 1. The summed E-state index contributed by atoms with van der Waals surface area (Å²) in [6, 6.07) is 12.0.